The molecule has 184 valence electrons. The molecule has 1 atom stereocenters. The minimum absolute atomic E-state index is 0.115. The number of hydrogen-bond donors (Lipinski definition) is 2. The molecule has 0 radical (unpaired) electrons. The predicted molar refractivity (Wildman–Crippen MR) is 120 cm³/mol. The molecule has 3 heterocycles. The molecule has 0 aliphatic carbocycles. The minimum Gasteiger partial charge on any atom is -0.389 e. The second-order valence-electron chi connectivity index (χ2n) is 8.08. The number of pyridine rings is 1. The maximum absolute atomic E-state index is 13.0. The molecule has 34 heavy (non-hydrogen) atoms. The van der Waals surface area contributed by atoms with Crippen LogP contribution >= 0.6 is 11.3 Å². The van der Waals surface area contributed by atoms with E-state index >= 15 is 0 Å². The standard InChI is InChI=1S/C19H23N5O8S2/c1-10-7-23(5)12(6-14(10)25)8-31-22-15(13-9-33-11(2)20-13)17(26)21-16-18(27)24(19(16,3)4)32-34(28,29)30/h6-7,9,16H,8H2,1-5H3,(H,21,26)(H,28,29,30)/b22-15-/t16-/m1/s1. The van der Waals surface area contributed by atoms with Crippen molar-refractivity contribution < 1.29 is 31.7 Å². The van der Waals surface area contributed by atoms with Gasteiger partial charge in [0.05, 0.1) is 16.2 Å². The summed E-state index contributed by atoms with van der Waals surface area (Å²) in [5, 5.41) is 9.06. The number of oxime groups is 1. The van der Waals surface area contributed by atoms with Crippen molar-refractivity contribution in [3.05, 3.63) is 49.8 Å². The number of amides is 2. The van der Waals surface area contributed by atoms with Crippen molar-refractivity contribution >= 4 is 39.3 Å². The molecule has 0 unspecified atom stereocenters. The zero-order valence-corrected chi connectivity index (χ0v) is 20.6. The molecule has 0 aromatic carbocycles. The van der Waals surface area contributed by atoms with Crippen LogP contribution in [0.4, 0.5) is 0 Å². The highest BCUT2D eigenvalue weighted by molar-refractivity contribution is 7.80. The zero-order valence-electron chi connectivity index (χ0n) is 18.9. The number of hydroxylamine groups is 2. The number of carbonyl (C=O) groups excluding carboxylic acids is 2. The van der Waals surface area contributed by atoms with Crippen molar-refractivity contribution in [2.45, 2.75) is 45.9 Å². The summed E-state index contributed by atoms with van der Waals surface area (Å²) in [6.45, 7) is 6.17. The lowest BCUT2D eigenvalue weighted by atomic mass is 9.84. The molecule has 2 amide bonds. The summed E-state index contributed by atoms with van der Waals surface area (Å²) in [5.74, 6) is -1.69. The van der Waals surface area contributed by atoms with Crippen LogP contribution in [0.25, 0.3) is 0 Å². The maximum Gasteiger partial charge on any atom is 0.418 e. The highest BCUT2D eigenvalue weighted by atomic mass is 32.3. The Balaban J connectivity index is 1.80. The Morgan fingerprint density at radius 1 is 1.35 bits per heavy atom. The number of hydrogen-bond acceptors (Lipinski definition) is 10. The molecule has 13 nitrogen and oxygen atoms in total. The quantitative estimate of drug-likeness (QED) is 0.217. The normalized spacial score (nSPS) is 17.9. The molecular formula is C19H23N5O8S2. The lowest BCUT2D eigenvalue weighted by molar-refractivity contribution is -0.218. The molecule has 1 aliphatic rings. The SMILES string of the molecule is Cc1nc(/C(=N/OCc2cc(=O)c(C)cn2C)C(=O)N[C@@H]2C(=O)N(OS(=O)(=O)O)C2(C)C)cs1. The van der Waals surface area contributed by atoms with E-state index in [1.165, 1.54) is 31.3 Å². The topological polar surface area (TPSA) is 169 Å². The van der Waals surface area contributed by atoms with Gasteiger partial charge in [-0.2, -0.15) is 13.5 Å². The number of nitrogens with zero attached hydrogens (tertiary/aromatic N) is 4. The largest absolute Gasteiger partial charge is 0.418 e. The number of carbonyl (C=O) groups is 2. The summed E-state index contributed by atoms with van der Waals surface area (Å²) in [6, 6.07) is 0.223. The van der Waals surface area contributed by atoms with Gasteiger partial charge in [-0.1, -0.05) is 5.16 Å². The number of rotatable bonds is 8. The minimum atomic E-state index is -4.93. The Hall–Kier alpha value is -3.14. The van der Waals surface area contributed by atoms with Crippen molar-refractivity contribution in [2.75, 3.05) is 0 Å². The third-order valence-corrected chi connectivity index (χ3v) is 6.20. The van der Waals surface area contributed by atoms with Crippen molar-refractivity contribution in [2.24, 2.45) is 12.2 Å². The van der Waals surface area contributed by atoms with Gasteiger partial charge < -0.3 is 14.7 Å². The molecule has 0 saturated carbocycles. The Morgan fingerprint density at radius 2 is 2.03 bits per heavy atom. The Labute approximate surface area is 198 Å². The first-order chi connectivity index (χ1) is 15.7. The van der Waals surface area contributed by atoms with Gasteiger partial charge in [0, 0.05) is 30.3 Å². The predicted octanol–water partition coefficient (Wildman–Crippen LogP) is 0.220. The van der Waals surface area contributed by atoms with E-state index in [9.17, 15) is 22.8 Å². The van der Waals surface area contributed by atoms with E-state index in [-0.39, 0.29) is 23.4 Å². The number of aromatic nitrogens is 2. The third kappa shape index (κ3) is 5.32. The second kappa shape index (κ2) is 9.25. The van der Waals surface area contributed by atoms with Gasteiger partial charge in [0.15, 0.2) is 17.7 Å². The summed E-state index contributed by atoms with van der Waals surface area (Å²) in [4.78, 5) is 46.8. The summed E-state index contributed by atoms with van der Waals surface area (Å²) in [6.07, 6.45) is 1.65. The fourth-order valence-electron chi connectivity index (χ4n) is 3.21. The number of nitrogens with one attached hydrogen (secondary N) is 1. The average molecular weight is 514 g/mol. The lowest BCUT2D eigenvalue weighted by Gasteiger charge is -2.50. The summed E-state index contributed by atoms with van der Waals surface area (Å²) in [7, 11) is -3.20. The number of aryl methyl sites for hydroxylation is 3. The molecule has 2 aromatic heterocycles. The van der Waals surface area contributed by atoms with E-state index in [0.29, 0.717) is 21.3 Å². The van der Waals surface area contributed by atoms with E-state index in [0.717, 1.165) is 0 Å². The first kappa shape index (κ1) is 25.5. The van der Waals surface area contributed by atoms with E-state index < -0.39 is 33.8 Å². The molecule has 1 fully saturated rings. The van der Waals surface area contributed by atoms with Gasteiger partial charge in [-0.05, 0) is 27.7 Å². The van der Waals surface area contributed by atoms with Crippen LogP contribution in [-0.2, 0) is 42.8 Å². The van der Waals surface area contributed by atoms with Gasteiger partial charge in [-0.25, -0.2) is 4.98 Å². The van der Waals surface area contributed by atoms with Gasteiger partial charge in [0.1, 0.15) is 11.7 Å². The monoisotopic (exact) mass is 513 g/mol. The molecule has 2 aromatic rings. The van der Waals surface area contributed by atoms with E-state index in [4.69, 9.17) is 9.39 Å². The summed E-state index contributed by atoms with van der Waals surface area (Å²) < 4.78 is 36.8. The van der Waals surface area contributed by atoms with Crippen LogP contribution in [0.1, 0.15) is 35.8 Å². The molecule has 3 rings (SSSR count). The fourth-order valence-corrected chi connectivity index (χ4v) is 4.26. The van der Waals surface area contributed by atoms with Crippen molar-refractivity contribution in [1.82, 2.24) is 19.9 Å². The molecular weight excluding hydrogens is 490 g/mol. The van der Waals surface area contributed by atoms with Crippen LogP contribution in [-0.4, -0.2) is 56.7 Å². The van der Waals surface area contributed by atoms with Crippen LogP contribution in [0.3, 0.4) is 0 Å². The summed E-state index contributed by atoms with van der Waals surface area (Å²) in [5.41, 5.74) is -0.412. The van der Waals surface area contributed by atoms with Crippen LogP contribution in [0.15, 0.2) is 27.6 Å². The fraction of sp³-hybridized carbons (Fsp3) is 0.421. The molecule has 1 aliphatic heterocycles. The number of thiazole rings is 1. The van der Waals surface area contributed by atoms with Crippen molar-refractivity contribution in [3.8, 4) is 0 Å². The van der Waals surface area contributed by atoms with Crippen molar-refractivity contribution in [1.29, 1.82) is 0 Å². The third-order valence-electron chi connectivity index (χ3n) is 5.09. The van der Waals surface area contributed by atoms with Gasteiger partial charge >= 0.3 is 10.4 Å². The van der Waals surface area contributed by atoms with Gasteiger partial charge in [0.2, 0.25) is 0 Å². The van der Waals surface area contributed by atoms with Crippen molar-refractivity contribution in [3.63, 3.8) is 0 Å². The first-order valence-electron chi connectivity index (χ1n) is 9.81. The Morgan fingerprint density at radius 3 is 2.59 bits per heavy atom. The lowest BCUT2D eigenvalue weighted by Crippen LogP contribution is -2.76. The molecule has 0 bridgehead atoms. The van der Waals surface area contributed by atoms with Crippen LogP contribution in [0, 0.1) is 13.8 Å². The highest BCUT2D eigenvalue weighted by Gasteiger charge is 2.58. The second-order valence-corrected chi connectivity index (χ2v) is 10.1. The van der Waals surface area contributed by atoms with Gasteiger partial charge in [0.25, 0.3) is 11.8 Å². The molecule has 15 heteroatoms. The molecule has 1 saturated heterocycles. The average Bonchev–Trinajstić information content (AvgIpc) is 3.16. The van der Waals surface area contributed by atoms with Gasteiger partial charge in [-0.15, -0.1) is 15.6 Å². The Bertz CT molecular complexity index is 1330. The van der Waals surface area contributed by atoms with Gasteiger partial charge in [-0.3, -0.25) is 18.9 Å². The molecule has 0 spiro atoms. The van der Waals surface area contributed by atoms with Crippen LogP contribution in [0.2, 0.25) is 0 Å². The van der Waals surface area contributed by atoms with E-state index in [1.807, 2.05) is 0 Å². The summed E-state index contributed by atoms with van der Waals surface area (Å²) >= 11 is 1.27. The highest BCUT2D eigenvalue weighted by Crippen LogP contribution is 2.32. The first-order valence-corrected chi connectivity index (χ1v) is 12.1. The number of β-lactam (4-membered cyclic amide) rings is 1. The van der Waals surface area contributed by atoms with Crippen LogP contribution in [0.5, 0.6) is 0 Å². The zero-order chi connectivity index (χ0) is 25.4. The smallest absolute Gasteiger partial charge is 0.389 e. The Kier molecular flexibility index (Phi) is 6.93. The van der Waals surface area contributed by atoms with E-state index in [1.54, 1.807) is 37.0 Å². The maximum atomic E-state index is 13.0. The molecule has 2 N–H and O–H groups in total. The van der Waals surface area contributed by atoms with E-state index in [2.05, 4.69) is 19.7 Å². The van der Waals surface area contributed by atoms with Crippen LogP contribution < -0.4 is 10.7 Å².